The molecular weight excluding hydrogens is 474 g/mol. The van der Waals surface area contributed by atoms with Gasteiger partial charge >= 0.3 is 0 Å². The van der Waals surface area contributed by atoms with Gasteiger partial charge in [0.25, 0.3) is 0 Å². The first-order valence-electron chi connectivity index (χ1n) is 11.6. The van der Waals surface area contributed by atoms with E-state index in [9.17, 15) is 8.42 Å². The number of primary sulfonamides is 1. The molecule has 0 amide bonds. The molecule has 1 aliphatic carbocycles. The number of pyridine rings is 2. The molecule has 1 unspecified atom stereocenters. The van der Waals surface area contributed by atoms with Crippen LogP contribution in [-0.4, -0.2) is 33.0 Å². The molecule has 10 heteroatoms. The molecule has 9 nitrogen and oxygen atoms in total. The van der Waals surface area contributed by atoms with Gasteiger partial charge in [0.2, 0.25) is 10.0 Å². The quantitative estimate of drug-likeness (QED) is 0.376. The van der Waals surface area contributed by atoms with Crippen molar-refractivity contribution in [1.82, 2.24) is 24.6 Å². The molecule has 0 aliphatic heterocycles. The van der Waals surface area contributed by atoms with E-state index in [1.165, 1.54) is 24.0 Å². The molecule has 36 heavy (non-hydrogen) atoms. The Labute approximate surface area is 208 Å². The Balaban J connectivity index is 1.53. The number of aromatic nitrogens is 5. The van der Waals surface area contributed by atoms with E-state index in [2.05, 4.69) is 26.4 Å². The number of hydrogen-bond acceptors (Lipinski definition) is 7. The van der Waals surface area contributed by atoms with E-state index in [-0.39, 0.29) is 10.9 Å². The number of benzene rings is 1. The second kappa shape index (κ2) is 8.81. The van der Waals surface area contributed by atoms with Crippen LogP contribution in [0.15, 0.2) is 84.3 Å². The van der Waals surface area contributed by atoms with E-state index in [0.717, 1.165) is 41.6 Å². The third-order valence-electron chi connectivity index (χ3n) is 6.40. The van der Waals surface area contributed by atoms with Crippen LogP contribution in [0.25, 0.3) is 28.0 Å². The van der Waals surface area contributed by atoms with Crippen molar-refractivity contribution in [3.8, 4) is 22.5 Å². The highest BCUT2D eigenvalue weighted by molar-refractivity contribution is 7.89. The summed E-state index contributed by atoms with van der Waals surface area (Å²) in [5.41, 5.74) is 5.55. The first-order chi connectivity index (χ1) is 17.5. The molecule has 6 rings (SSSR count). The molecule has 5 aromatic rings. The van der Waals surface area contributed by atoms with Gasteiger partial charge in [-0.15, -0.1) is 5.10 Å². The smallest absolute Gasteiger partial charge is 0.239 e. The van der Waals surface area contributed by atoms with E-state index >= 15 is 0 Å². The van der Waals surface area contributed by atoms with Gasteiger partial charge in [-0.1, -0.05) is 36.4 Å². The summed E-state index contributed by atoms with van der Waals surface area (Å²) in [6.07, 6.45) is 9.38. The highest BCUT2D eigenvalue weighted by Crippen LogP contribution is 2.35. The summed E-state index contributed by atoms with van der Waals surface area (Å²) in [5.74, 6) is 0.962. The third-order valence-corrected chi connectivity index (χ3v) is 7.28. The number of hydrogen-bond donors (Lipinski definition) is 2. The predicted octanol–water partition coefficient (Wildman–Crippen LogP) is 3.99. The lowest BCUT2D eigenvalue weighted by molar-refractivity contribution is 0.581. The van der Waals surface area contributed by atoms with Gasteiger partial charge in [-0.3, -0.25) is 9.97 Å². The Bertz CT molecular complexity index is 1680. The minimum atomic E-state index is -3.92. The fourth-order valence-electron chi connectivity index (χ4n) is 4.71. The van der Waals surface area contributed by atoms with Crippen LogP contribution in [0.1, 0.15) is 30.1 Å². The minimum Gasteiger partial charge on any atom is -0.360 e. The molecule has 0 spiro atoms. The fourth-order valence-corrected chi connectivity index (χ4v) is 5.21. The highest BCUT2D eigenvalue weighted by atomic mass is 32.2. The Hall–Kier alpha value is -4.15. The molecule has 180 valence electrons. The van der Waals surface area contributed by atoms with E-state index < -0.39 is 10.0 Å². The second-order valence-electron chi connectivity index (χ2n) is 8.76. The van der Waals surface area contributed by atoms with Crippen molar-refractivity contribution in [3.63, 3.8) is 0 Å². The lowest BCUT2D eigenvalue weighted by atomic mass is 9.92. The minimum absolute atomic E-state index is 0.0195. The largest absolute Gasteiger partial charge is 0.360 e. The molecular formula is C26H23N7O2S. The fraction of sp³-hybridized carbons (Fsp3) is 0.154. The molecule has 0 saturated heterocycles. The van der Waals surface area contributed by atoms with Crippen LogP contribution in [0.5, 0.6) is 0 Å². The van der Waals surface area contributed by atoms with Gasteiger partial charge < -0.3 is 5.32 Å². The molecule has 0 saturated carbocycles. The number of aryl methyl sites for hydroxylation is 1. The van der Waals surface area contributed by atoms with Gasteiger partial charge in [-0.05, 0) is 48.6 Å². The summed E-state index contributed by atoms with van der Waals surface area (Å²) in [6, 6.07) is 17.6. The summed E-state index contributed by atoms with van der Waals surface area (Å²) in [7, 11) is -3.92. The number of nitrogens with one attached hydrogen (secondary N) is 1. The number of nitrogens with two attached hydrogens (primary N) is 1. The van der Waals surface area contributed by atoms with Crippen molar-refractivity contribution >= 4 is 21.4 Å². The lowest BCUT2D eigenvalue weighted by Crippen LogP contribution is -2.20. The van der Waals surface area contributed by atoms with E-state index in [4.69, 9.17) is 10.1 Å². The Kier molecular flexibility index (Phi) is 5.46. The molecule has 0 bridgehead atoms. The predicted molar refractivity (Wildman–Crippen MR) is 137 cm³/mol. The van der Waals surface area contributed by atoms with Crippen LogP contribution in [-0.2, 0) is 16.4 Å². The van der Waals surface area contributed by atoms with E-state index in [0.29, 0.717) is 17.2 Å². The molecule has 1 aliphatic rings. The summed E-state index contributed by atoms with van der Waals surface area (Å²) < 4.78 is 25.6. The molecule has 4 aromatic heterocycles. The van der Waals surface area contributed by atoms with Gasteiger partial charge in [-0.2, -0.15) is 0 Å². The average molecular weight is 498 g/mol. The zero-order valence-corrected chi connectivity index (χ0v) is 20.1. The van der Waals surface area contributed by atoms with Gasteiger partial charge in [0, 0.05) is 35.9 Å². The van der Waals surface area contributed by atoms with Crippen LogP contribution in [0, 0.1) is 0 Å². The van der Waals surface area contributed by atoms with Crippen molar-refractivity contribution in [3.05, 3.63) is 90.6 Å². The van der Waals surface area contributed by atoms with Gasteiger partial charge in [0.15, 0.2) is 11.6 Å². The SMILES string of the molecule is NS(=O)(=O)c1cncc(-c2nc(NC3CCCc4cccnc43)c3c(-c4ccccc4)ccn3n2)c1. The monoisotopic (exact) mass is 497 g/mol. The topological polar surface area (TPSA) is 128 Å². The normalized spacial score (nSPS) is 15.5. The number of anilines is 1. The number of rotatable bonds is 5. The molecule has 3 N–H and O–H groups in total. The Morgan fingerprint density at radius 2 is 1.89 bits per heavy atom. The number of sulfonamides is 1. The van der Waals surface area contributed by atoms with Gasteiger partial charge in [0.1, 0.15) is 10.4 Å². The first-order valence-corrected chi connectivity index (χ1v) is 13.2. The van der Waals surface area contributed by atoms with Crippen molar-refractivity contribution in [2.75, 3.05) is 5.32 Å². The summed E-state index contributed by atoms with van der Waals surface area (Å²) in [6.45, 7) is 0. The van der Waals surface area contributed by atoms with E-state index in [1.54, 1.807) is 4.52 Å². The van der Waals surface area contributed by atoms with Gasteiger partial charge in [0.05, 0.1) is 11.7 Å². The van der Waals surface area contributed by atoms with Gasteiger partial charge in [-0.25, -0.2) is 23.1 Å². The lowest BCUT2D eigenvalue weighted by Gasteiger charge is -2.26. The maximum atomic E-state index is 11.9. The zero-order valence-electron chi connectivity index (χ0n) is 19.2. The Morgan fingerprint density at radius 3 is 2.72 bits per heavy atom. The summed E-state index contributed by atoms with van der Waals surface area (Å²) in [5, 5.41) is 13.6. The van der Waals surface area contributed by atoms with Crippen molar-refractivity contribution in [2.24, 2.45) is 5.14 Å². The summed E-state index contributed by atoms with van der Waals surface area (Å²) >= 11 is 0. The average Bonchev–Trinajstić information content (AvgIpc) is 3.33. The molecule has 1 aromatic carbocycles. The number of fused-ring (bicyclic) bond motifs is 2. The van der Waals surface area contributed by atoms with Crippen LogP contribution in [0.2, 0.25) is 0 Å². The second-order valence-corrected chi connectivity index (χ2v) is 10.3. The Morgan fingerprint density at radius 1 is 1.03 bits per heavy atom. The number of nitrogens with zero attached hydrogens (tertiary/aromatic N) is 5. The van der Waals surface area contributed by atoms with Crippen LogP contribution in [0.3, 0.4) is 0 Å². The first kappa shape index (κ1) is 22.3. The van der Waals surface area contributed by atoms with Crippen molar-refractivity contribution in [2.45, 2.75) is 30.2 Å². The molecule has 1 atom stereocenters. The maximum absolute atomic E-state index is 11.9. The van der Waals surface area contributed by atoms with Crippen LogP contribution >= 0.6 is 0 Å². The maximum Gasteiger partial charge on any atom is 0.239 e. The summed E-state index contributed by atoms with van der Waals surface area (Å²) in [4.78, 5) is 13.5. The third kappa shape index (κ3) is 4.10. The highest BCUT2D eigenvalue weighted by Gasteiger charge is 2.24. The van der Waals surface area contributed by atoms with Crippen LogP contribution in [0.4, 0.5) is 5.82 Å². The molecule has 0 radical (unpaired) electrons. The van der Waals surface area contributed by atoms with Crippen LogP contribution < -0.4 is 10.5 Å². The van der Waals surface area contributed by atoms with Crippen molar-refractivity contribution in [1.29, 1.82) is 0 Å². The zero-order chi connectivity index (χ0) is 24.7. The standard InChI is InChI=1S/C26H23N7O2S/c27-36(34,35)20-14-19(15-28-16-20)25-31-26(30-22-10-4-8-18-9-5-12-29-23(18)22)24-21(11-13-33(24)32-25)17-6-2-1-3-7-17/h1-3,5-7,9,11-16,22H,4,8,10H2,(H2,27,34,35)(H,30,31,32). The molecule has 4 heterocycles. The van der Waals surface area contributed by atoms with E-state index in [1.807, 2.05) is 54.9 Å². The van der Waals surface area contributed by atoms with Crippen molar-refractivity contribution < 1.29 is 8.42 Å². The molecule has 0 fully saturated rings.